The number of rotatable bonds is 6. The first kappa shape index (κ1) is 19.2. The van der Waals surface area contributed by atoms with Gasteiger partial charge in [-0.2, -0.15) is 0 Å². The number of likely N-dealkylation sites (N-methyl/N-ethyl adjacent to an activating group) is 1. The summed E-state index contributed by atoms with van der Waals surface area (Å²) in [7, 11) is 0. The third-order valence-electron chi connectivity index (χ3n) is 4.26. The molecule has 0 unspecified atom stereocenters. The van der Waals surface area contributed by atoms with Gasteiger partial charge in [-0.05, 0) is 31.2 Å². The van der Waals surface area contributed by atoms with E-state index in [1.807, 2.05) is 0 Å². The SMILES string of the molecule is CCN(Cc1nc2ccccc2c(=O)[nH]1)C(=O)CNC(=O)c1ccccc1F. The van der Waals surface area contributed by atoms with E-state index >= 15 is 0 Å². The summed E-state index contributed by atoms with van der Waals surface area (Å²) in [4.78, 5) is 45.1. The highest BCUT2D eigenvalue weighted by Crippen LogP contribution is 2.08. The topological polar surface area (TPSA) is 95.2 Å². The van der Waals surface area contributed by atoms with Crippen LogP contribution in [-0.2, 0) is 11.3 Å². The van der Waals surface area contributed by atoms with Crippen molar-refractivity contribution in [3.05, 3.63) is 76.1 Å². The standard InChI is InChI=1S/C20H19FN4O3/c1-2-25(12-17-23-16-10-6-4-8-14(16)20(28)24-17)18(26)11-22-19(27)13-7-3-5-9-15(13)21/h3-10H,2,11-12H2,1H3,(H,22,27)(H,23,24,28). The lowest BCUT2D eigenvalue weighted by molar-refractivity contribution is -0.130. The molecule has 0 spiro atoms. The Hall–Kier alpha value is -3.55. The van der Waals surface area contributed by atoms with Crippen molar-refractivity contribution in [3.8, 4) is 0 Å². The fraction of sp³-hybridized carbons (Fsp3) is 0.200. The molecule has 0 aliphatic rings. The van der Waals surface area contributed by atoms with Crippen LogP contribution < -0.4 is 10.9 Å². The number of benzene rings is 2. The number of hydrogen-bond acceptors (Lipinski definition) is 4. The Bertz CT molecular complexity index is 1080. The van der Waals surface area contributed by atoms with Gasteiger partial charge in [0.15, 0.2) is 0 Å². The number of amides is 2. The number of H-pyrrole nitrogens is 1. The lowest BCUT2D eigenvalue weighted by atomic mass is 10.2. The molecule has 28 heavy (non-hydrogen) atoms. The smallest absolute Gasteiger partial charge is 0.258 e. The van der Waals surface area contributed by atoms with Crippen molar-refractivity contribution in [1.29, 1.82) is 0 Å². The largest absolute Gasteiger partial charge is 0.343 e. The Morgan fingerprint density at radius 3 is 2.61 bits per heavy atom. The van der Waals surface area contributed by atoms with Crippen LogP contribution in [0.3, 0.4) is 0 Å². The number of aromatic nitrogens is 2. The molecule has 0 aliphatic carbocycles. The van der Waals surface area contributed by atoms with Crippen molar-refractivity contribution in [2.75, 3.05) is 13.1 Å². The van der Waals surface area contributed by atoms with Crippen molar-refractivity contribution < 1.29 is 14.0 Å². The molecule has 0 fully saturated rings. The first-order valence-electron chi connectivity index (χ1n) is 8.78. The maximum Gasteiger partial charge on any atom is 0.258 e. The van der Waals surface area contributed by atoms with Gasteiger partial charge in [-0.25, -0.2) is 9.37 Å². The third kappa shape index (κ3) is 4.22. The zero-order chi connectivity index (χ0) is 20.1. The van der Waals surface area contributed by atoms with Gasteiger partial charge < -0.3 is 15.2 Å². The van der Waals surface area contributed by atoms with E-state index in [-0.39, 0.29) is 30.1 Å². The molecule has 0 atom stereocenters. The lowest BCUT2D eigenvalue weighted by Crippen LogP contribution is -2.40. The van der Waals surface area contributed by atoms with Gasteiger partial charge in [-0.15, -0.1) is 0 Å². The van der Waals surface area contributed by atoms with Crippen LogP contribution in [0.1, 0.15) is 23.1 Å². The second kappa shape index (κ2) is 8.43. The zero-order valence-electron chi connectivity index (χ0n) is 15.2. The van der Waals surface area contributed by atoms with E-state index in [0.29, 0.717) is 23.3 Å². The average molecular weight is 382 g/mol. The minimum absolute atomic E-state index is 0.0883. The van der Waals surface area contributed by atoms with E-state index < -0.39 is 11.7 Å². The highest BCUT2D eigenvalue weighted by molar-refractivity contribution is 5.96. The monoisotopic (exact) mass is 382 g/mol. The number of fused-ring (bicyclic) bond motifs is 1. The molecule has 0 saturated heterocycles. The number of para-hydroxylation sites is 1. The van der Waals surface area contributed by atoms with E-state index in [9.17, 15) is 18.8 Å². The van der Waals surface area contributed by atoms with Crippen molar-refractivity contribution in [3.63, 3.8) is 0 Å². The zero-order valence-corrected chi connectivity index (χ0v) is 15.2. The molecule has 2 aromatic carbocycles. The maximum atomic E-state index is 13.6. The van der Waals surface area contributed by atoms with Gasteiger partial charge in [0.25, 0.3) is 11.5 Å². The van der Waals surface area contributed by atoms with Crippen LogP contribution in [0.2, 0.25) is 0 Å². The second-order valence-electron chi connectivity index (χ2n) is 6.10. The maximum absolute atomic E-state index is 13.6. The molecular formula is C20H19FN4O3. The second-order valence-corrected chi connectivity index (χ2v) is 6.10. The first-order chi connectivity index (χ1) is 13.5. The summed E-state index contributed by atoms with van der Waals surface area (Å²) in [5, 5.41) is 2.89. The summed E-state index contributed by atoms with van der Waals surface area (Å²) >= 11 is 0. The summed E-state index contributed by atoms with van der Waals surface area (Å²) in [6, 6.07) is 12.5. The van der Waals surface area contributed by atoms with Crippen molar-refractivity contribution in [2.45, 2.75) is 13.5 Å². The molecule has 3 aromatic rings. The Morgan fingerprint density at radius 1 is 1.14 bits per heavy atom. The normalized spacial score (nSPS) is 10.6. The van der Waals surface area contributed by atoms with Gasteiger partial charge in [0.1, 0.15) is 11.6 Å². The number of carbonyl (C=O) groups excluding carboxylic acids is 2. The minimum atomic E-state index is -0.667. The third-order valence-corrected chi connectivity index (χ3v) is 4.26. The van der Waals surface area contributed by atoms with Crippen LogP contribution in [0, 0.1) is 5.82 Å². The van der Waals surface area contributed by atoms with Crippen LogP contribution in [0.5, 0.6) is 0 Å². The average Bonchev–Trinajstić information content (AvgIpc) is 2.70. The predicted octanol–water partition coefficient (Wildman–Crippen LogP) is 1.84. The van der Waals surface area contributed by atoms with Crippen molar-refractivity contribution in [2.24, 2.45) is 0 Å². The number of carbonyl (C=O) groups is 2. The fourth-order valence-electron chi connectivity index (χ4n) is 2.78. The molecule has 2 amide bonds. The van der Waals surface area contributed by atoms with E-state index in [4.69, 9.17) is 0 Å². The Kier molecular flexibility index (Phi) is 5.78. The summed E-state index contributed by atoms with van der Waals surface area (Å²) in [6.07, 6.45) is 0. The number of hydrogen-bond donors (Lipinski definition) is 2. The lowest BCUT2D eigenvalue weighted by Gasteiger charge is -2.20. The van der Waals surface area contributed by atoms with Gasteiger partial charge in [0.2, 0.25) is 5.91 Å². The van der Waals surface area contributed by atoms with Crippen LogP contribution >= 0.6 is 0 Å². The van der Waals surface area contributed by atoms with Gasteiger partial charge in [0.05, 0.1) is 29.6 Å². The summed E-state index contributed by atoms with van der Waals surface area (Å²) in [5.74, 6) is -1.35. The van der Waals surface area contributed by atoms with Crippen LogP contribution in [-0.4, -0.2) is 39.8 Å². The molecule has 1 aromatic heterocycles. The summed E-state index contributed by atoms with van der Waals surface area (Å²) in [6.45, 7) is 1.92. The highest BCUT2D eigenvalue weighted by Gasteiger charge is 2.17. The Morgan fingerprint density at radius 2 is 1.86 bits per heavy atom. The molecule has 0 bridgehead atoms. The first-order valence-corrected chi connectivity index (χ1v) is 8.78. The summed E-state index contributed by atoms with van der Waals surface area (Å²) < 4.78 is 13.6. The van der Waals surface area contributed by atoms with E-state index in [1.54, 1.807) is 37.3 Å². The Labute approximate surface area is 160 Å². The predicted molar refractivity (Wildman–Crippen MR) is 102 cm³/mol. The molecule has 2 N–H and O–H groups in total. The Balaban J connectivity index is 1.68. The number of aromatic amines is 1. The van der Waals surface area contributed by atoms with Gasteiger partial charge in [-0.1, -0.05) is 24.3 Å². The summed E-state index contributed by atoms with van der Waals surface area (Å²) in [5.41, 5.74) is 0.133. The van der Waals surface area contributed by atoms with Crippen molar-refractivity contribution in [1.82, 2.24) is 20.2 Å². The molecule has 1 heterocycles. The highest BCUT2D eigenvalue weighted by atomic mass is 19.1. The molecule has 8 heteroatoms. The van der Waals surface area contributed by atoms with E-state index in [2.05, 4.69) is 15.3 Å². The van der Waals surface area contributed by atoms with Gasteiger partial charge in [-0.3, -0.25) is 14.4 Å². The number of nitrogens with zero attached hydrogens (tertiary/aromatic N) is 2. The molecule has 0 aliphatic heterocycles. The molecule has 3 rings (SSSR count). The fourth-order valence-corrected chi connectivity index (χ4v) is 2.78. The number of halogens is 1. The quantitative estimate of drug-likeness (QED) is 0.680. The van der Waals surface area contributed by atoms with E-state index in [0.717, 1.165) is 0 Å². The molecular weight excluding hydrogens is 363 g/mol. The number of nitrogens with one attached hydrogen (secondary N) is 2. The van der Waals surface area contributed by atoms with Gasteiger partial charge in [0, 0.05) is 6.54 Å². The van der Waals surface area contributed by atoms with Crippen LogP contribution in [0.4, 0.5) is 4.39 Å². The van der Waals surface area contributed by atoms with Gasteiger partial charge >= 0.3 is 0 Å². The van der Waals surface area contributed by atoms with Crippen molar-refractivity contribution >= 4 is 22.7 Å². The molecule has 7 nitrogen and oxygen atoms in total. The van der Waals surface area contributed by atoms with Crippen LogP contribution in [0.15, 0.2) is 53.3 Å². The molecule has 0 saturated carbocycles. The molecule has 0 radical (unpaired) electrons. The van der Waals surface area contributed by atoms with Crippen LogP contribution in [0.25, 0.3) is 10.9 Å². The molecule has 144 valence electrons. The minimum Gasteiger partial charge on any atom is -0.343 e. The van der Waals surface area contributed by atoms with E-state index in [1.165, 1.54) is 23.1 Å².